The standard InChI is InChI=1S/C24H26N2O3S/c1-3-20-14-16-21(17-15-20)19(2)25-24(27)18-26(22-10-6-4-7-11-22)30(28,29)23-12-8-5-9-13-23/h4-17,19H,3,18H2,1-2H3,(H,25,27)/t19-/m0/s1. The third-order valence-electron chi connectivity index (χ3n) is 4.93. The summed E-state index contributed by atoms with van der Waals surface area (Å²) in [7, 11) is -3.89. The molecule has 0 radical (unpaired) electrons. The van der Waals surface area contributed by atoms with Crippen molar-refractivity contribution in [3.63, 3.8) is 0 Å². The zero-order valence-electron chi connectivity index (χ0n) is 17.2. The molecule has 0 spiro atoms. The summed E-state index contributed by atoms with van der Waals surface area (Å²) in [6.07, 6.45) is 0.949. The molecule has 0 fully saturated rings. The Morgan fingerprint density at radius 2 is 1.47 bits per heavy atom. The lowest BCUT2D eigenvalue weighted by Crippen LogP contribution is -2.41. The molecule has 3 aromatic rings. The van der Waals surface area contributed by atoms with Crippen LogP contribution in [-0.2, 0) is 21.2 Å². The summed E-state index contributed by atoms with van der Waals surface area (Å²) in [5.74, 6) is -0.370. The Hall–Kier alpha value is -3.12. The second-order valence-electron chi connectivity index (χ2n) is 7.04. The number of carbonyl (C=O) groups is 1. The topological polar surface area (TPSA) is 66.5 Å². The van der Waals surface area contributed by atoms with Gasteiger partial charge in [-0.3, -0.25) is 9.10 Å². The summed E-state index contributed by atoms with van der Waals surface area (Å²) in [5.41, 5.74) is 2.63. The van der Waals surface area contributed by atoms with Gasteiger partial charge in [-0.1, -0.05) is 67.6 Å². The molecule has 156 valence electrons. The number of sulfonamides is 1. The molecule has 0 bridgehead atoms. The van der Waals surface area contributed by atoms with Crippen LogP contribution in [-0.4, -0.2) is 20.9 Å². The zero-order valence-corrected chi connectivity index (χ0v) is 18.0. The minimum absolute atomic E-state index is 0.143. The molecule has 30 heavy (non-hydrogen) atoms. The molecule has 0 saturated carbocycles. The van der Waals surface area contributed by atoms with E-state index in [9.17, 15) is 13.2 Å². The van der Waals surface area contributed by atoms with Crippen LogP contribution >= 0.6 is 0 Å². The highest BCUT2D eigenvalue weighted by Gasteiger charge is 2.27. The summed E-state index contributed by atoms with van der Waals surface area (Å²) in [6.45, 7) is 3.67. The highest BCUT2D eigenvalue weighted by molar-refractivity contribution is 7.92. The average molecular weight is 423 g/mol. The maximum Gasteiger partial charge on any atom is 0.264 e. The Morgan fingerprint density at radius 1 is 0.900 bits per heavy atom. The molecule has 0 aliphatic rings. The van der Waals surface area contributed by atoms with Gasteiger partial charge >= 0.3 is 0 Å². The predicted octanol–water partition coefficient (Wildman–Crippen LogP) is 4.32. The number of anilines is 1. The third kappa shape index (κ3) is 5.07. The first-order valence-corrected chi connectivity index (χ1v) is 11.4. The van der Waals surface area contributed by atoms with Crippen molar-refractivity contribution in [2.45, 2.75) is 31.2 Å². The van der Waals surface area contributed by atoms with Crippen LogP contribution in [0.5, 0.6) is 0 Å². The Balaban J connectivity index is 1.82. The van der Waals surface area contributed by atoms with Crippen molar-refractivity contribution in [1.29, 1.82) is 0 Å². The Labute approximate surface area is 178 Å². The Kier molecular flexibility index (Phi) is 6.90. The van der Waals surface area contributed by atoms with E-state index >= 15 is 0 Å². The number of hydrogen-bond donors (Lipinski definition) is 1. The van der Waals surface area contributed by atoms with Crippen molar-refractivity contribution < 1.29 is 13.2 Å². The number of carbonyl (C=O) groups excluding carboxylic acids is 1. The Morgan fingerprint density at radius 3 is 2.03 bits per heavy atom. The largest absolute Gasteiger partial charge is 0.348 e. The van der Waals surface area contributed by atoms with E-state index < -0.39 is 10.0 Å². The minimum Gasteiger partial charge on any atom is -0.348 e. The molecule has 1 amide bonds. The number of nitrogens with one attached hydrogen (secondary N) is 1. The molecule has 0 unspecified atom stereocenters. The highest BCUT2D eigenvalue weighted by Crippen LogP contribution is 2.23. The van der Waals surface area contributed by atoms with Crippen LogP contribution in [0.25, 0.3) is 0 Å². The second-order valence-corrected chi connectivity index (χ2v) is 8.91. The molecule has 0 saturated heterocycles. The fourth-order valence-electron chi connectivity index (χ4n) is 3.17. The maximum atomic E-state index is 13.2. The van der Waals surface area contributed by atoms with E-state index in [1.807, 2.05) is 31.2 Å². The van der Waals surface area contributed by atoms with Crippen molar-refractivity contribution >= 4 is 21.6 Å². The quantitative estimate of drug-likeness (QED) is 0.588. The number of amides is 1. The van der Waals surface area contributed by atoms with Gasteiger partial charge in [0.15, 0.2) is 0 Å². The lowest BCUT2D eigenvalue weighted by atomic mass is 10.1. The molecule has 0 aliphatic heterocycles. The van der Waals surface area contributed by atoms with E-state index in [1.165, 1.54) is 17.7 Å². The van der Waals surface area contributed by atoms with E-state index in [1.54, 1.807) is 48.5 Å². The molecule has 1 atom stereocenters. The fraction of sp³-hybridized carbons (Fsp3) is 0.208. The SMILES string of the molecule is CCc1ccc([C@H](C)NC(=O)CN(c2ccccc2)S(=O)(=O)c2ccccc2)cc1. The molecule has 0 heterocycles. The van der Waals surface area contributed by atoms with Gasteiger partial charge in [-0.25, -0.2) is 8.42 Å². The van der Waals surface area contributed by atoms with Crippen molar-refractivity contribution in [2.24, 2.45) is 0 Å². The van der Waals surface area contributed by atoms with Crippen LogP contribution in [0.1, 0.15) is 31.0 Å². The number of nitrogens with zero attached hydrogens (tertiary/aromatic N) is 1. The lowest BCUT2D eigenvalue weighted by molar-refractivity contribution is -0.120. The molecule has 3 rings (SSSR count). The second kappa shape index (κ2) is 9.59. The minimum atomic E-state index is -3.89. The molecule has 1 N–H and O–H groups in total. The van der Waals surface area contributed by atoms with Gasteiger partial charge in [0.2, 0.25) is 5.91 Å². The third-order valence-corrected chi connectivity index (χ3v) is 6.72. The molecule has 6 heteroatoms. The van der Waals surface area contributed by atoms with Gasteiger partial charge in [-0.05, 0) is 48.7 Å². The van der Waals surface area contributed by atoms with Gasteiger partial charge in [-0.2, -0.15) is 0 Å². The molecular weight excluding hydrogens is 396 g/mol. The lowest BCUT2D eigenvalue weighted by Gasteiger charge is -2.25. The molecule has 0 aliphatic carbocycles. The summed E-state index contributed by atoms with van der Waals surface area (Å²) < 4.78 is 27.6. The maximum absolute atomic E-state index is 13.2. The predicted molar refractivity (Wildman–Crippen MR) is 120 cm³/mol. The van der Waals surface area contributed by atoms with Crippen LogP contribution in [0.4, 0.5) is 5.69 Å². The van der Waals surface area contributed by atoms with Gasteiger partial charge in [0.1, 0.15) is 6.54 Å². The van der Waals surface area contributed by atoms with E-state index in [0.717, 1.165) is 16.3 Å². The molecule has 3 aromatic carbocycles. The van der Waals surface area contributed by atoms with Gasteiger partial charge in [0, 0.05) is 0 Å². The number of hydrogen-bond acceptors (Lipinski definition) is 3. The van der Waals surface area contributed by atoms with E-state index in [2.05, 4.69) is 12.2 Å². The van der Waals surface area contributed by atoms with Crippen molar-refractivity contribution in [1.82, 2.24) is 5.32 Å². The van der Waals surface area contributed by atoms with Crippen LogP contribution in [0.2, 0.25) is 0 Å². The van der Waals surface area contributed by atoms with E-state index in [0.29, 0.717) is 5.69 Å². The molecule has 0 aromatic heterocycles. The van der Waals surface area contributed by atoms with Crippen molar-refractivity contribution in [3.8, 4) is 0 Å². The van der Waals surface area contributed by atoms with Gasteiger partial charge < -0.3 is 5.32 Å². The van der Waals surface area contributed by atoms with Gasteiger partial charge in [0.25, 0.3) is 10.0 Å². The fourth-order valence-corrected chi connectivity index (χ4v) is 4.61. The van der Waals surface area contributed by atoms with Crippen molar-refractivity contribution in [3.05, 3.63) is 96.1 Å². The average Bonchev–Trinajstić information content (AvgIpc) is 2.78. The smallest absolute Gasteiger partial charge is 0.264 e. The monoisotopic (exact) mass is 422 g/mol. The molecule has 5 nitrogen and oxygen atoms in total. The van der Waals surface area contributed by atoms with Gasteiger partial charge in [0.05, 0.1) is 16.6 Å². The first kappa shape index (κ1) is 21.6. The number of rotatable bonds is 8. The number of aryl methyl sites for hydroxylation is 1. The summed E-state index contributed by atoms with van der Waals surface area (Å²) in [6, 6.07) is 24.6. The number of benzene rings is 3. The van der Waals surface area contributed by atoms with Crippen LogP contribution in [0, 0.1) is 0 Å². The van der Waals surface area contributed by atoms with Crippen LogP contribution < -0.4 is 9.62 Å². The van der Waals surface area contributed by atoms with Gasteiger partial charge in [-0.15, -0.1) is 0 Å². The van der Waals surface area contributed by atoms with E-state index in [4.69, 9.17) is 0 Å². The summed E-state index contributed by atoms with van der Waals surface area (Å²) >= 11 is 0. The Bertz CT molecular complexity index is 1070. The zero-order chi connectivity index (χ0) is 21.6. The molecular formula is C24H26N2O3S. The highest BCUT2D eigenvalue weighted by atomic mass is 32.2. The summed E-state index contributed by atoms with van der Waals surface area (Å²) in [4.78, 5) is 12.9. The normalized spacial score (nSPS) is 12.2. The number of para-hydroxylation sites is 1. The first-order chi connectivity index (χ1) is 14.4. The van der Waals surface area contributed by atoms with E-state index in [-0.39, 0.29) is 23.4 Å². The van der Waals surface area contributed by atoms with Crippen LogP contribution in [0.15, 0.2) is 89.8 Å². The van der Waals surface area contributed by atoms with Crippen molar-refractivity contribution in [2.75, 3.05) is 10.8 Å². The van der Waals surface area contributed by atoms with Crippen LogP contribution in [0.3, 0.4) is 0 Å². The first-order valence-electron chi connectivity index (χ1n) is 9.93. The summed E-state index contributed by atoms with van der Waals surface area (Å²) in [5, 5.41) is 2.91.